The third-order valence-electron chi connectivity index (χ3n) is 5.93. The third-order valence-corrected chi connectivity index (χ3v) is 8.13. The van der Waals surface area contributed by atoms with E-state index in [1.165, 1.54) is 41.5 Å². The molecular weight excluding hydrogens is 478 g/mol. The number of carbonyl (C=O) groups excluding carboxylic acids is 2. The molecule has 1 aromatic carbocycles. The van der Waals surface area contributed by atoms with E-state index in [2.05, 4.69) is 16.4 Å². The third kappa shape index (κ3) is 6.11. The minimum absolute atomic E-state index is 0.172. The SMILES string of the molecule is COC(=O)c1c(NC(=O)CCSc2nc(-c3ccccc3)ccc2C#N)sc2c1CCCCCC2. The Hall–Kier alpha value is -3.15. The van der Waals surface area contributed by atoms with Crippen LogP contribution in [0.1, 0.15) is 58.5 Å². The van der Waals surface area contributed by atoms with Crippen LogP contribution in [-0.2, 0) is 22.4 Å². The number of hydrogen-bond acceptors (Lipinski definition) is 7. The molecule has 0 saturated carbocycles. The fourth-order valence-electron chi connectivity index (χ4n) is 4.16. The van der Waals surface area contributed by atoms with Gasteiger partial charge in [-0.15, -0.1) is 23.1 Å². The maximum absolute atomic E-state index is 12.8. The number of fused-ring (bicyclic) bond motifs is 1. The summed E-state index contributed by atoms with van der Waals surface area (Å²) in [4.78, 5) is 31.2. The van der Waals surface area contributed by atoms with E-state index in [0.717, 1.165) is 48.9 Å². The topological polar surface area (TPSA) is 92.1 Å². The Morgan fingerprint density at radius 3 is 2.63 bits per heavy atom. The molecule has 1 N–H and O–H groups in total. The van der Waals surface area contributed by atoms with Gasteiger partial charge in [-0.05, 0) is 43.4 Å². The number of nitriles is 1. The number of rotatable bonds is 7. The smallest absolute Gasteiger partial charge is 0.341 e. The number of nitrogens with one attached hydrogen (secondary N) is 1. The van der Waals surface area contributed by atoms with Crippen molar-refractivity contribution in [3.63, 3.8) is 0 Å². The Bertz CT molecular complexity index is 1250. The Kier molecular flexibility index (Phi) is 8.56. The predicted molar refractivity (Wildman–Crippen MR) is 140 cm³/mol. The fraction of sp³-hybridized carbons (Fsp3) is 0.333. The quantitative estimate of drug-likeness (QED) is 0.301. The van der Waals surface area contributed by atoms with E-state index in [1.807, 2.05) is 36.4 Å². The van der Waals surface area contributed by atoms with Crippen LogP contribution in [0.4, 0.5) is 5.00 Å². The highest BCUT2D eigenvalue weighted by molar-refractivity contribution is 7.99. The number of hydrogen-bond donors (Lipinski definition) is 1. The maximum Gasteiger partial charge on any atom is 0.341 e. The lowest BCUT2D eigenvalue weighted by molar-refractivity contribution is -0.115. The number of nitrogens with zero attached hydrogens (tertiary/aromatic N) is 2. The molecule has 0 spiro atoms. The number of ether oxygens (including phenoxy) is 1. The molecule has 180 valence electrons. The van der Waals surface area contributed by atoms with Crippen molar-refractivity contribution in [1.82, 2.24) is 4.98 Å². The van der Waals surface area contributed by atoms with Crippen molar-refractivity contribution >= 4 is 40.0 Å². The normalized spacial score (nSPS) is 13.1. The van der Waals surface area contributed by atoms with Gasteiger partial charge < -0.3 is 10.1 Å². The Morgan fingerprint density at radius 2 is 1.89 bits per heavy atom. The van der Waals surface area contributed by atoms with E-state index < -0.39 is 5.97 Å². The summed E-state index contributed by atoms with van der Waals surface area (Å²) in [6.07, 6.45) is 6.46. The number of aromatic nitrogens is 1. The second-order valence-corrected chi connectivity index (χ2v) is 10.5. The van der Waals surface area contributed by atoms with Crippen molar-refractivity contribution in [1.29, 1.82) is 5.26 Å². The Labute approximate surface area is 213 Å². The molecule has 0 aliphatic heterocycles. The van der Waals surface area contributed by atoms with Gasteiger partial charge in [-0.3, -0.25) is 4.79 Å². The zero-order valence-electron chi connectivity index (χ0n) is 19.6. The lowest BCUT2D eigenvalue weighted by Gasteiger charge is -2.11. The van der Waals surface area contributed by atoms with Gasteiger partial charge in [-0.2, -0.15) is 5.26 Å². The molecule has 1 aliphatic rings. The zero-order chi connectivity index (χ0) is 24.6. The second-order valence-electron chi connectivity index (χ2n) is 8.29. The van der Waals surface area contributed by atoms with E-state index in [9.17, 15) is 14.9 Å². The van der Waals surface area contributed by atoms with E-state index in [4.69, 9.17) is 4.74 Å². The molecule has 0 bridgehead atoms. The number of pyridine rings is 1. The van der Waals surface area contributed by atoms with Crippen LogP contribution in [0.5, 0.6) is 0 Å². The molecule has 4 rings (SSSR count). The van der Waals surface area contributed by atoms with Crippen LogP contribution in [-0.4, -0.2) is 29.7 Å². The first-order chi connectivity index (χ1) is 17.1. The number of aryl methyl sites for hydroxylation is 1. The van der Waals surface area contributed by atoms with Gasteiger partial charge in [0.2, 0.25) is 5.91 Å². The average Bonchev–Trinajstić information content (AvgIpc) is 3.19. The fourth-order valence-corrected chi connectivity index (χ4v) is 6.37. The van der Waals surface area contributed by atoms with Crippen LogP contribution >= 0.6 is 23.1 Å². The van der Waals surface area contributed by atoms with Crippen LogP contribution in [0.3, 0.4) is 0 Å². The molecule has 35 heavy (non-hydrogen) atoms. The van der Waals surface area contributed by atoms with Crippen LogP contribution in [0.15, 0.2) is 47.5 Å². The van der Waals surface area contributed by atoms with Gasteiger partial charge in [-0.1, -0.05) is 43.2 Å². The molecule has 3 aromatic rings. The first kappa shape index (κ1) is 25.0. The number of anilines is 1. The highest BCUT2D eigenvalue weighted by Gasteiger charge is 2.25. The average molecular weight is 506 g/mol. The molecule has 1 amide bonds. The van der Waals surface area contributed by atoms with Crippen LogP contribution in [0, 0.1) is 11.3 Å². The standard InChI is InChI=1S/C27H27N3O3S2/c1-33-27(32)24-20-11-7-2-3-8-12-22(20)35-26(24)30-23(31)15-16-34-25-19(17-28)13-14-21(29-25)18-9-5-4-6-10-18/h4-6,9-10,13-14H,2-3,7-8,11-12,15-16H2,1H3,(H,30,31). The summed E-state index contributed by atoms with van der Waals surface area (Å²) >= 11 is 2.88. The molecule has 8 heteroatoms. The van der Waals surface area contributed by atoms with E-state index in [1.54, 1.807) is 6.07 Å². The predicted octanol–water partition coefficient (Wildman–Crippen LogP) is 6.25. The number of benzene rings is 1. The summed E-state index contributed by atoms with van der Waals surface area (Å²) in [6.45, 7) is 0. The van der Waals surface area contributed by atoms with Crippen molar-refractivity contribution < 1.29 is 14.3 Å². The van der Waals surface area contributed by atoms with Crippen molar-refractivity contribution in [2.75, 3.05) is 18.2 Å². The van der Waals surface area contributed by atoms with E-state index >= 15 is 0 Å². The van der Waals surface area contributed by atoms with Gasteiger partial charge in [0.1, 0.15) is 16.1 Å². The second kappa shape index (κ2) is 12.0. The minimum Gasteiger partial charge on any atom is -0.465 e. The molecule has 0 fully saturated rings. The number of thiophene rings is 1. The Balaban J connectivity index is 1.44. The number of amides is 1. The number of methoxy groups -OCH3 is 1. The zero-order valence-corrected chi connectivity index (χ0v) is 21.3. The van der Waals surface area contributed by atoms with Gasteiger partial charge in [-0.25, -0.2) is 9.78 Å². The summed E-state index contributed by atoms with van der Waals surface area (Å²) in [6, 6.07) is 15.6. The van der Waals surface area contributed by atoms with Gasteiger partial charge in [0.25, 0.3) is 0 Å². The van der Waals surface area contributed by atoms with Crippen molar-refractivity contribution in [2.45, 2.75) is 50.0 Å². The molecule has 0 saturated heterocycles. The molecule has 1 aliphatic carbocycles. The summed E-state index contributed by atoms with van der Waals surface area (Å²) in [5.41, 5.74) is 3.79. The van der Waals surface area contributed by atoms with Crippen molar-refractivity contribution in [3.8, 4) is 17.3 Å². The highest BCUT2D eigenvalue weighted by atomic mass is 32.2. The summed E-state index contributed by atoms with van der Waals surface area (Å²) in [5, 5.41) is 13.6. The molecule has 6 nitrogen and oxygen atoms in total. The van der Waals surface area contributed by atoms with Crippen LogP contribution in [0.25, 0.3) is 11.3 Å². The minimum atomic E-state index is -0.395. The summed E-state index contributed by atoms with van der Waals surface area (Å²) in [7, 11) is 1.38. The molecule has 2 aromatic heterocycles. The number of esters is 1. The highest BCUT2D eigenvalue weighted by Crippen LogP contribution is 2.37. The first-order valence-corrected chi connectivity index (χ1v) is 13.5. The van der Waals surface area contributed by atoms with Gasteiger partial charge in [0.05, 0.1) is 23.9 Å². The lowest BCUT2D eigenvalue weighted by Crippen LogP contribution is -2.15. The van der Waals surface area contributed by atoms with Gasteiger partial charge in [0.15, 0.2) is 0 Å². The van der Waals surface area contributed by atoms with Gasteiger partial charge in [0, 0.05) is 22.6 Å². The van der Waals surface area contributed by atoms with Crippen LogP contribution < -0.4 is 5.32 Å². The van der Waals surface area contributed by atoms with Crippen molar-refractivity contribution in [3.05, 3.63) is 64.0 Å². The number of carbonyl (C=O) groups is 2. The summed E-state index contributed by atoms with van der Waals surface area (Å²) < 4.78 is 5.04. The number of thioether (sulfide) groups is 1. The largest absolute Gasteiger partial charge is 0.465 e. The first-order valence-electron chi connectivity index (χ1n) is 11.7. The maximum atomic E-state index is 12.8. The summed E-state index contributed by atoms with van der Waals surface area (Å²) in [5.74, 6) is -0.104. The lowest BCUT2D eigenvalue weighted by atomic mass is 9.96. The van der Waals surface area contributed by atoms with E-state index in [0.29, 0.717) is 26.9 Å². The van der Waals surface area contributed by atoms with E-state index in [-0.39, 0.29) is 12.3 Å². The molecule has 0 atom stereocenters. The molecule has 0 radical (unpaired) electrons. The molecular formula is C27H27N3O3S2. The monoisotopic (exact) mass is 505 g/mol. The molecule has 0 unspecified atom stereocenters. The van der Waals surface area contributed by atoms with Crippen molar-refractivity contribution in [2.24, 2.45) is 0 Å². The Morgan fingerprint density at radius 1 is 1.11 bits per heavy atom. The van der Waals surface area contributed by atoms with Gasteiger partial charge >= 0.3 is 5.97 Å². The molecule has 2 heterocycles. The van der Waals surface area contributed by atoms with Crippen LogP contribution in [0.2, 0.25) is 0 Å².